The third-order valence-corrected chi connectivity index (χ3v) is 4.08. The van der Waals surface area contributed by atoms with Gasteiger partial charge in [0.25, 0.3) is 0 Å². The van der Waals surface area contributed by atoms with Crippen molar-refractivity contribution in [3.63, 3.8) is 0 Å². The second-order valence-corrected chi connectivity index (χ2v) is 5.66. The smallest absolute Gasteiger partial charge is 0.306 e. The molecule has 0 radical (unpaired) electrons. The van der Waals surface area contributed by atoms with Crippen molar-refractivity contribution < 1.29 is 23.9 Å². The van der Waals surface area contributed by atoms with Crippen LogP contribution < -0.4 is 5.32 Å². The fraction of sp³-hybridized carbons (Fsp3) is 0.692. The van der Waals surface area contributed by atoms with E-state index in [2.05, 4.69) is 5.32 Å². The Morgan fingerprint density at radius 1 is 1.48 bits per heavy atom. The van der Waals surface area contributed by atoms with Gasteiger partial charge in [0.15, 0.2) is 0 Å². The molecule has 1 aliphatic heterocycles. The highest BCUT2D eigenvalue weighted by Gasteiger charge is 2.39. The molecule has 0 spiro atoms. The van der Waals surface area contributed by atoms with Gasteiger partial charge >= 0.3 is 5.97 Å². The molecule has 0 bridgehead atoms. The molecule has 118 valence electrons. The summed E-state index contributed by atoms with van der Waals surface area (Å²) in [6.07, 6.45) is 1.26. The van der Waals surface area contributed by atoms with E-state index in [1.165, 1.54) is 4.90 Å². The van der Waals surface area contributed by atoms with Crippen LogP contribution in [0.15, 0.2) is 0 Å². The zero-order valence-corrected chi connectivity index (χ0v) is 13.0. The Labute approximate surface area is 127 Å². The fourth-order valence-corrected chi connectivity index (χ4v) is 2.79. The van der Waals surface area contributed by atoms with Crippen LogP contribution in [0.3, 0.4) is 0 Å². The van der Waals surface area contributed by atoms with Crippen molar-refractivity contribution in [2.75, 3.05) is 18.9 Å². The number of carbonyl (C=O) groups is 4. The zero-order valence-electron chi connectivity index (χ0n) is 12.2. The second-order valence-electron chi connectivity index (χ2n) is 4.56. The van der Waals surface area contributed by atoms with Gasteiger partial charge < -0.3 is 15.0 Å². The largest absolute Gasteiger partial charge is 0.466 e. The molecule has 8 heteroatoms. The average molecular weight is 316 g/mol. The molecule has 0 aliphatic carbocycles. The Bertz CT molecular complexity index is 415. The van der Waals surface area contributed by atoms with E-state index in [1.807, 2.05) is 0 Å². The zero-order chi connectivity index (χ0) is 15.8. The first-order valence-electron chi connectivity index (χ1n) is 6.83. The lowest BCUT2D eigenvalue weighted by atomic mass is 10.0. The van der Waals surface area contributed by atoms with Crippen molar-refractivity contribution in [2.45, 2.75) is 38.8 Å². The van der Waals surface area contributed by atoms with Crippen molar-refractivity contribution in [1.29, 1.82) is 0 Å². The van der Waals surface area contributed by atoms with Gasteiger partial charge in [-0.1, -0.05) is 11.8 Å². The molecule has 0 saturated carbocycles. The molecule has 0 aromatic carbocycles. The van der Waals surface area contributed by atoms with Gasteiger partial charge in [0.1, 0.15) is 12.1 Å². The molecule has 2 unspecified atom stereocenters. The van der Waals surface area contributed by atoms with Gasteiger partial charge in [-0.25, -0.2) is 0 Å². The quantitative estimate of drug-likeness (QED) is 0.498. The van der Waals surface area contributed by atoms with Crippen molar-refractivity contribution in [3.05, 3.63) is 0 Å². The van der Waals surface area contributed by atoms with Gasteiger partial charge in [-0.05, 0) is 20.3 Å². The van der Waals surface area contributed by atoms with E-state index in [0.717, 1.165) is 11.8 Å². The summed E-state index contributed by atoms with van der Waals surface area (Å²) in [6.45, 7) is 4.13. The summed E-state index contributed by atoms with van der Waals surface area (Å²) < 4.78 is 4.77. The molecule has 2 amide bonds. The third kappa shape index (κ3) is 5.04. The average Bonchev–Trinajstić information content (AvgIpc) is 2.37. The van der Waals surface area contributed by atoms with E-state index in [-0.39, 0.29) is 23.4 Å². The lowest BCUT2D eigenvalue weighted by Crippen LogP contribution is -2.58. The molecule has 1 N–H and O–H groups in total. The van der Waals surface area contributed by atoms with Crippen LogP contribution in [0, 0.1) is 0 Å². The number of amides is 2. The molecule has 1 heterocycles. The lowest BCUT2D eigenvalue weighted by molar-refractivity contribution is -0.145. The number of thioether (sulfide) groups is 1. The summed E-state index contributed by atoms with van der Waals surface area (Å²) >= 11 is 1.04. The maximum atomic E-state index is 12.0. The first-order chi connectivity index (χ1) is 10.0. The number of likely N-dealkylation sites (tertiary alicyclic amines) is 1. The minimum atomic E-state index is -0.636. The highest BCUT2D eigenvalue weighted by atomic mass is 32.2. The molecular weight excluding hydrogens is 296 g/mol. The first-order valence-corrected chi connectivity index (χ1v) is 7.82. The molecule has 1 fully saturated rings. The van der Waals surface area contributed by atoms with Gasteiger partial charge in [-0.3, -0.25) is 19.2 Å². The molecule has 2 atom stereocenters. The minimum absolute atomic E-state index is 0.128. The molecule has 0 aromatic heterocycles. The van der Waals surface area contributed by atoms with Crippen LogP contribution in [0.1, 0.15) is 26.7 Å². The van der Waals surface area contributed by atoms with E-state index in [0.29, 0.717) is 31.7 Å². The number of nitrogens with one attached hydrogen (secondary N) is 1. The van der Waals surface area contributed by atoms with Gasteiger partial charge in [0, 0.05) is 12.3 Å². The van der Waals surface area contributed by atoms with Crippen LogP contribution in [0.25, 0.3) is 0 Å². The Kier molecular flexibility index (Phi) is 7.21. The van der Waals surface area contributed by atoms with E-state index in [4.69, 9.17) is 4.74 Å². The summed E-state index contributed by atoms with van der Waals surface area (Å²) in [7, 11) is 0. The van der Waals surface area contributed by atoms with Crippen LogP contribution in [-0.4, -0.2) is 59.3 Å². The van der Waals surface area contributed by atoms with Crippen LogP contribution in [0.4, 0.5) is 0 Å². The number of nitrogens with zero attached hydrogens (tertiary/aromatic N) is 1. The summed E-state index contributed by atoms with van der Waals surface area (Å²) in [6, 6.07) is -1.09. The van der Waals surface area contributed by atoms with Crippen molar-refractivity contribution in [1.82, 2.24) is 10.2 Å². The molecule has 7 nitrogen and oxygen atoms in total. The number of carbonyl (C=O) groups excluding carboxylic acids is 4. The maximum absolute atomic E-state index is 12.0. The van der Waals surface area contributed by atoms with E-state index in [9.17, 15) is 19.2 Å². The van der Waals surface area contributed by atoms with Gasteiger partial charge in [-0.15, -0.1) is 0 Å². The number of ether oxygens (including phenoxy) is 1. The second kappa shape index (κ2) is 8.66. The first kappa shape index (κ1) is 17.5. The minimum Gasteiger partial charge on any atom is -0.466 e. The molecule has 1 aliphatic rings. The fourth-order valence-electron chi connectivity index (χ4n) is 1.88. The Morgan fingerprint density at radius 2 is 2.19 bits per heavy atom. The van der Waals surface area contributed by atoms with Crippen LogP contribution in [0.2, 0.25) is 0 Å². The van der Waals surface area contributed by atoms with Gasteiger partial charge in [0.05, 0.1) is 13.0 Å². The van der Waals surface area contributed by atoms with E-state index in [1.54, 1.807) is 13.8 Å². The highest BCUT2D eigenvalue weighted by molar-refractivity contribution is 8.13. The molecule has 0 aromatic rings. The van der Waals surface area contributed by atoms with E-state index >= 15 is 0 Å². The maximum Gasteiger partial charge on any atom is 0.306 e. The van der Waals surface area contributed by atoms with Crippen LogP contribution in [0.5, 0.6) is 0 Å². The predicted molar refractivity (Wildman–Crippen MR) is 77.5 cm³/mol. The summed E-state index contributed by atoms with van der Waals surface area (Å²) in [5.41, 5.74) is 0. The SMILES string of the molecule is CCOC(=O)CCSC(=O)C1CCN1C(=O)C(C)NC=O. The molecule has 21 heavy (non-hydrogen) atoms. The standard InChI is InChI=1S/C13H20N2O5S/c1-3-20-11(17)5-7-21-13(19)10-4-6-15(10)12(18)9(2)14-8-16/h8-10H,3-7H2,1-2H3,(H,14,16). The third-order valence-electron chi connectivity index (χ3n) is 3.12. The highest BCUT2D eigenvalue weighted by Crippen LogP contribution is 2.24. The Balaban J connectivity index is 2.36. The lowest BCUT2D eigenvalue weighted by Gasteiger charge is -2.40. The summed E-state index contributed by atoms with van der Waals surface area (Å²) in [5.74, 6) is -0.251. The van der Waals surface area contributed by atoms with Crippen molar-refractivity contribution >= 4 is 35.2 Å². The normalized spacial score (nSPS) is 18.4. The summed E-state index contributed by atoms with van der Waals surface area (Å²) in [5, 5.41) is 2.25. The van der Waals surface area contributed by atoms with Crippen LogP contribution in [-0.2, 0) is 23.9 Å². The Hall–Kier alpha value is -1.57. The van der Waals surface area contributed by atoms with Gasteiger partial charge in [-0.2, -0.15) is 0 Å². The predicted octanol–water partition coefficient (Wildman–Crippen LogP) is -0.0652. The van der Waals surface area contributed by atoms with Crippen molar-refractivity contribution in [3.8, 4) is 0 Å². The van der Waals surface area contributed by atoms with Gasteiger partial charge in [0.2, 0.25) is 17.4 Å². The molecular formula is C13H20N2O5S. The topological polar surface area (TPSA) is 92.8 Å². The number of rotatable bonds is 8. The van der Waals surface area contributed by atoms with Crippen LogP contribution >= 0.6 is 11.8 Å². The summed E-state index contributed by atoms with van der Waals surface area (Å²) in [4.78, 5) is 46.9. The number of esters is 1. The molecule has 1 rings (SSSR count). The van der Waals surface area contributed by atoms with Crippen molar-refractivity contribution in [2.24, 2.45) is 0 Å². The number of hydrogen-bond donors (Lipinski definition) is 1. The number of hydrogen-bond acceptors (Lipinski definition) is 6. The van der Waals surface area contributed by atoms with E-state index < -0.39 is 12.1 Å². The molecule has 1 saturated heterocycles. The Morgan fingerprint density at radius 3 is 2.71 bits per heavy atom. The monoisotopic (exact) mass is 316 g/mol.